The van der Waals surface area contributed by atoms with Crippen LogP contribution in [0, 0.1) is 19.0 Å². The van der Waals surface area contributed by atoms with Gasteiger partial charge >= 0.3 is 32.8 Å². The molecule has 0 atom stereocenters. The third kappa shape index (κ3) is 7.67. The van der Waals surface area contributed by atoms with Gasteiger partial charge in [-0.25, -0.2) is 4.98 Å². The minimum atomic E-state index is -2.48. The third-order valence-corrected chi connectivity index (χ3v) is 12.9. The molecule has 0 amide bonds. The van der Waals surface area contributed by atoms with Crippen LogP contribution in [0.2, 0.25) is 0 Å². The van der Waals surface area contributed by atoms with E-state index in [4.69, 9.17) is 19.3 Å². The van der Waals surface area contributed by atoms with Crippen molar-refractivity contribution in [3.05, 3.63) is 203 Å². The predicted molar refractivity (Wildman–Crippen MR) is 277 cm³/mol. The predicted octanol–water partition coefficient (Wildman–Crippen LogP) is 15.8. The molecule has 2 aromatic heterocycles. The summed E-state index contributed by atoms with van der Waals surface area (Å²) in [7, 11) is 0. The zero-order valence-corrected chi connectivity index (χ0v) is 41.7. The molecule has 0 radical (unpaired) electrons. The van der Waals surface area contributed by atoms with Crippen molar-refractivity contribution in [3.63, 3.8) is 0 Å². The zero-order valence-electron chi connectivity index (χ0n) is 50.4. The van der Waals surface area contributed by atoms with Gasteiger partial charge in [-0.3, -0.25) is 0 Å². The first-order valence-electron chi connectivity index (χ1n) is 28.1. The summed E-state index contributed by atoms with van der Waals surface area (Å²) in [5, 5.41) is 1.34. The number of para-hydroxylation sites is 2. The SMILES string of the molecule is [2H]c1c([2H])c([2H])c2c(c1[2H])-c1c([2H])c([2H])c([2H])c([2H])c1C2c1cc(Oc2[c-]c([N+]3=C=[N+](c4cc(C(C)(C)C)cc(C(C)(C)C)c4)c4c3cccc4C([2H])([2H])[2H])ccc2)[c-]c2c1c1ccccc1n2-c1cc(C(C)(C)C)ccn1.[Pt+2]. The molecule has 68 heavy (non-hydrogen) atoms. The first-order valence-corrected chi connectivity index (χ1v) is 22.6. The van der Waals surface area contributed by atoms with Crippen molar-refractivity contribution in [2.75, 3.05) is 0 Å². The van der Waals surface area contributed by atoms with E-state index in [9.17, 15) is 5.48 Å². The molecule has 7 aromatic carbocycles. The van der Waals surface area contributed by atoms with Crippen LogP contribution < -0.4 is 13.9 Å². The maximum Gasteiger partial charge on any atom is 2.00 e. The van der Waals surface area contributed by atoms with Gasteiger partial charge in [0.15, 0.2) is 0 Å². The topological polar surface area (TPSA) is 33.1 Å². The fraction of sp³-hybridized carbons (Fsp3) is 0.226. The van der Waals surface area contributed by atoms with Gasteiger partial charge < -0.3 is 9.30 Å². The maximum atomic E-state index is 9.48. The Balaban J connectivity index is 0.00000704. The minimum Gasteiger partial charge on any atom is -0.509 e. The van der Waals surface area contributed by atoms with Gasteiger partial charge in [0.2, 0.25) is 5.69 Å². The summed E-state index contributed by atoms with van der Waals surface area (Å²) in [6.07, 6.45) is 1.76. The quantitative estimate of drug-likeness (QED) is 0.123. The fourth-order valence-electron chi connectivity index (χ4n) is 9.34. The molecule has 0 spiro atoms. The van der Waals surface area contributed by atoms with Crippen LogP contribution in [0.15, 0.2) is 152 Å². The first kappa shape index (κ1) is 33.8. The zero-order chi connectivity index (χ0) is 56.0. The van der Waals surface area contributed by atoms with E-state index in [0.717, 1.165) is 33.3 Å². The molecule has 338 valence electrons. The van der Waals surface area contributed by atoms with Gasteiger partial charge in [-0.15, -0.1) is 23.8 Å². The summed E-state index contributed by atoms with van der Waals surface area (Å²) in [5.41, 5.74) is 6.76. The van der Waals surface area contributed by atoms with Gasteiger partial charge in [0.25, 0.3) is 5.69 Å². The Labute approximate surface area is 430 Å². The maximum absolute atomic E-state index is 9.48. The molecule has 0 N–H and O–H groups in total. The van der Waals surface area contributed by atoms with Gasteiger partial charge in [0, 0.05) is 57.0 Å². The molecule has 0 bridgehead atoms. The monoisotopic (exact) mass is 1080 g/mol. The molecule has 5 nitrogen and oxygen atoms in total. The fourth-order valence-corrected chi connectivity index (χ4v) is 9.34. The Morgan fingerprint density at radius 2 is 1.32 bits per heavy atom. The Hall–Kier alpha value is -6.64. The molecule has 1 aliphatic heterocycles. The number of aryl methyl sites for hydroxylation is 1. The normalized spacial score (nSPS) is 16.0. The van der Waals surface area contributed by atoms with Crippen molar-refractivity contribution in [2.45, 2.75) is 91.3 Å². The summed E-state index contributed by atoms with van der Waals surface area (Å²) in [6.45, 7) is 16.8. The Morgan fingerprint density at radius 1 is 0.662 bits per heavy atom. The molecule has 11 rings (SSSR count). The van der Waals surface area contributed by atoms with Crippen molar-refractivity contribution in [1.82, 2.24) is 18.7 Å². The molecule has 6 heteroatoms. The van der Waals surface area contributed by atoms with E-state index >= 15 is 0 Å². The van der Waals surface area contributed by atoms with Gasteiger partial charge in [-0.1, -0.05) is 175 Å². The van der Waals surface area contributed by atoms with Crippen LogP contribution >= 0.6 is 0 Å². The van der Waals surface area contributed by atoms with E-state index in [2.05, 4.69) is 98.7 Å². The molecule has 3 heterocycles. The van der Waals surface area contributed by atoms with E-state index in [0.29, 0.717) is 39.3 Å². The van der Waals surface area contributed by atoms with Crippen LogP contribution in [0.4, 0.5) is 22.7 Å². The number of hydrogen-bond acceptors (Lipinski definition) is 2. The van der Waals surface area contributed by atoms with E-state index in [1.807, 2.05) is 57.7 Å². The summed E-state index contributed by atoms with van der Waals surface area (Å²) in [5.74, 6) is -0.188. The number of aromatic nitrogens is 2. The number of ether oxygens (including phenoxy) is 1. The molecule has 2 aliphatic rings. The number of rotatable bonds is 6. The Kier molecular flexibility index (Phi) is 8.22. The molecule has 0 saturated heterocycles. The molecular formula is C62H56N4OPt+2. The van der Waals surface area contributed by atoms with Crippen LogP contribution in [0.3, 0.4) is 0 Å². The second-order valence-electron chi connectivity index (χ2n) is 20.5. The van der Waals surface area contributed by atoms with Gasteiger partial charge in [0.1, 0.15) is 11.5 Å². The number of fused-ring (bicyclic) bond motifs is 7. The van der Waals surface area contributed by atoms with Crippen molar-refractivity contribution in [2.24, 2.45) is 0 Å². The number of pyridine rings is 1. The Morgan fingerprint density at radius 3 is 2.00 bits per heavy atom. The standard InChI is InChI=1S/C62H56N4O.Pt/c1-39-19-17-28-54-59(39)65(44-32-41(61(5,6)7)31-42(33-44)62(8,9)10)38-64(54)43-20-18-21-45(35-43)67-46-36-52(57-49-24-13-11-22-47(49)48-23-12-14-25-50(48)57)58-51-26-15-16-27-53(51)66(55(58)37-46)56-34-40(29-30-63-56)60(2,3)4;/h11-34,36,57H,1-10H3;/q;+2/i1D3,11D,12D,13D,14D,22D,23D,24D,25D;. The van der Waals surface area contributed by atoms with Gasteiger partial charge in [-0.2, -0.15) is 6.07 Å². The van der Waals surface area contributed by atoms with Crippen LogP contribution in [-0.4, -0.2) is 15.6 Å². The number of benzene rings is 7. The third-order valence-electron chi connectivity index (χ3n) is 12.9. The second kappa shape index (κ2) is 16.5. The summed E-state index contributed by atoms with van der Waals surface area (Å²) >= 11 is 0. The summed E-state index contributed by atoms with van der Waals surface area (Å²) < 4.78 is 111. The smallest absolute Gasteiger partial charge is 0.509 e. The largest absolute Gasteiger partial charge is 2.00 e. The van der Waals surface area contributed by atoms with Crippen LogP contribution in [0.25, 0.3) is 38.8 Å². The number of nitrogens with zero attached hydrogens (tertiary/aromatic N) is 4. The second-order valence-corrected chi connectivity index (χ2v) is 20.5. The average molecular weight is 1080 g/mol. The number of hydrogen-bond donors (Lipinski definition) is 0. The van der Waals surface area contributed by atoms with Crippen molar-refractivity contribution >= 4 is 50.6 Å². The molecule has 0 fully saturated rings. The van der Waals surface area contributed by atoms with Crippen LogP contribution in [-0.2, 0) is 37.3 Å². The van der Waals surface area contributed by atoms with Crippen LogP contribution in [0.1, 0.15) is 122 Å². The van der Waals surface area contributed by atoms with E-state index in [-0.39, 0.29) is 88.7 Å². The van der Waals surface area contributed by atoms with Gasteiger partial charge in [0.05, 0.1) is 11.0 Å². The van der Waals surface area contributed by atoms with E-state index < -0.39 is 49.0 Å². The average Bonchev–Trinajstić information content (AvgIpc) is 4.21. The summed E-state index contributed by atoms with van der Waals surface area (Å²) in [6, 6.07) is 37.3. The van der Waals surface area contributed by atoms with Crippen molar-refractivity contribution in [1.29, 1.82) is 0 Å². The van der Waals surface area contributed by atoms with Crippen LogP contribution in [0.5, 0.6) is 11.5 Å². The Bertz CT molecular complexity index is 4050. The minimum absolute atomic E-state index is 0. The molecule has 9 aromatic rings. The first-order chi connectivity index (χ1) is 36.6. The molecular weight excluding hydrogens is 1010 g/mol. The van der Waals surface area contributed by atoms with E-state index in [1.54, 1.807) is 41.1 Å². The summed E-state index contributed by atoms with van der Waals surface area (Å²) in [4.78, 5) is 4.90. The molecule has 0 saturated carbocycles. The molecule has 1 aliphatic carbocycles. The molecule has 0 unspecified atom stereocenters. The van der Waals surface area contributed by atoms with Crippen molar-refractivity contribution in [3.8, 4) is 28.4 Å². The van der Waals surface area contributed by atoms with E-state index in [1.165, 1.54) is 0 Å². The van der Waals surface area contributed by atoms with Crippen molar-refractivity contribution < 1.29 is 40.9 Å². The van der Waals surface area contributed by atoms with Gasteiger partial charge in [-0.05, 0) is 90.2 Å².